The van der Waals surface area contributed by atoms with Gasteiger partial charge in [0.05, 0.1) is 24.6 Å². The number of rotatable bonds is 3. The average Bonchev–Trinajstić information content (AvgIpc) is 2.46. The van der Waals surface area contributed by atoms with Gasteiger partial charge in [-0.15, -0.1) is 5.14 Å². The highest BCUT2D eigenvalue weighted by molar-refractivity contribution is 7.93. The number of ether oxygens (including phenoxy) is 1. The summed E-state index contributed by atoms with van der Waals surface area (Å²) in [6.45, 7) is 3.25. The van der Waals surface area contributed by atoms with Crippen molar-refractivity contribution in [2.45, 2.75) is 0 Å². The van der Waals surface area contributed by atoms with Gasteiger partial charge in [-0.25, -0.2) is 0 Å². The number of allylic oxidation sites excluding steroid dienone is 1. The average molecular weight is 277 g/mol. The molecule has 1 aromatic carbocycles. The van der Waals surface area contributed by atoms with Crippen LogP contribution in [0, 0.1) is 11.3 Å². The molecule has 1 aromatic rings. The third kappa shape index (κ3) is 3.72. The van der Waals surface area contributed by atoms with Crippen molar-refractivity contribution >= 4 is 23.1 Å². The molecule has 2 rings (SSSR count). The highest BCUT2D eigenvalue weighted by Gasteiger charge is 2.12. The van der Waals surface area contributed by atoms with Crippen LogP contribution in [-0.4, -0.2) is 30.9 Å². The minimum atomic E-state index is -1.74. The van der Waals surface area contributed by atoms with E-state index in [9.17, 15) is 4.55 Å². The van der Waals surface area contributed by atoms with Crippen LogP contribution in [0.5, 0.6) is 0 Å². The first-order chi connectivity index (χ1) is 9.20. The van der Waals surface area contributed by atoms with Gasteiger partial charge in [0.25, 0.3) is 4.91 Å². The van der Waals surface area contributed by atoms with Crippen LogP contribution in [0.1, 0.15) is 5.56 Å². The Kier molecular flexibility index (Phi) is 4.82. The number of benzene rings is 1. The molecule has 5 nitrogen and oxygen atoms in total. The third-order valence-electron chi connectivity index (χ3n) is 2.89. The summed E-state index contributed by atoms with van der Waals surface area (Å²) in [4.78, 5) is 2.31. The number of nitrogens with two attached hydrogens (primary N) is 1. The number of hydrogen-bond acceptors (Lipinski definition) is 5. The number of nitriles is 1. The lowest BCUT2D eigenvalue weighted by Gasteiger charge is -2.28. The standard InChI is InChI=1S/C13H15N3O2S/c14-10-13(19(15)17)9-11-1-3-12(4-2-11)16-5-7-18-8-6-16/h1-4,9H,5-8,15H2/b13-9+. The molecule has 0 aliphatic carbocycles. The van der Waals surface area contributed by atoms with Gasteiger partial charge in [-0.2, -0.15) is 5.26 Å². The highest BCUT2D eigenvalue weighted by Crippen LogP contribution is 2.18. The molecule has 1 saturated heterocycles. The van der Waals surface area contributed by atoms with Crippen molar-refractivity contribution in [2.24, 2.45) is 5.14 Å². The van der Waals surface area contributed by atoms with Crippen LogP contribution in [0.15, 0.2) is 29.2 Å². The minimum Gasteiger partial charge on any atom is -0.593 e. The molecule has 1 unspecified atom stereocenters. The van der Waals surface area contributed by atoms with E-state index >= 15 is 0 Å². The number of nitrogens with zero attached hydrogens (tertiary/aromatic N) is 2. The van der Waals surface area contributed by atoms with E-state index in [1.807, 2.05) is 30.3 Å². The molecule has 0 saturated carbocycles. The number of hydrogen-bond donors (Lipinski definition) is 1. The Hall–Kier alpha value is -1.52. The van der Waals surface area contributed by atoms with Gasteiger partial charge in [0, 0.05) is 24.9 Å². The van der Waals surface area contributed by atoms with E-state index < -0.39 is 11.4 Å². The molecule has 2 N–H and O–H groups in total. The third-order valence-corrected chi connectivity index (χ3v) is 3.54. The van der Waals surface area contributed by atoms with E-state index in [0.29, 0.717) is 0 Å². The van der Waals surface area contributed by atoms with Crippen LogP contribution in [0.25, 0.3) is 6.08 Å². The minimum absolute atomic E-state index is 0.0686. The van der Waals surface area contributed by atoms with Gasteiger partial charge < -0.3 is 14.2 Å². The van der Waals surface area contributed by atoms with Crippen LogP contribution < -0.4 is 10.0 Å². The summed E-state index contributed by atoms with van der Waals surface area (Å²) in [6, 6.07) is 9.56. The summed E-state index contributed by atoms with van der Waals surface area (Å²) in [5, 5.41) is 14.0. The fourth-order valence-electron chi connectivity index (χ4n) is 1.89. The zero-order valence-electron chi connectivity index (χ0n) is 10.4. The molecule has 1 heterocycles. The smallest absolute Gasteiger partial charge is 0.250 e. The van der Waals surface area contributed by atoms with Crippen molar-refractivity contribution in [3.63, 3.8) is 0 Å². The summed E-state index contributed by atoms with van der Waals surface area (Å²) < 4.78 is 16.4. The fraction of sp³-hybridized carbons (Fsp3) is 0.308. The van der Waals surface area contributed by atoms with Gasteiger partial charge in [-0.3, -0.25) is 0 Å². The van der Waals surface area contributed by atoms with Gasteiger partial charge in [0.2, 0.25) is 0 Å². The van der Waals surface area contributed by atoms with Crippen molar-refractivity contribution in [1.82, 2.24) is 0 Å². The molecule has 0 aromatic heterocycles. The van der Waals surface area contributed by atoms with E-state index in [0.717, 1.165) is 37.6 Å². The molecule has 0 bridgehead atoms. The second-order valence-electron chi connectivity index (χ2n) is 4.11. The molecule has 0 spiro atoms. The molecule has 1 aliphatic heterocycles. The first-order valence-corrected chi connectivity index (χ1v) is 7.13. The summed E-state index contributed by atoms with van der Waals surface area (Å²) in [7, 11) is 0. The molecule has 1 aliphatic rings. The van der Waals surface area contributed by atoms with Crippen LogP contribution >= 0.6 is 0 Å². The molecule has 1 fully saturated rings. The Morgan fingerprint density at radius 1 is 1.37 bits per heavy atom. The monoisotopic (exact) mass is 277 g/mol. The Labute approximate surface area is 115 Å². The Morgan fingerprint density at radius 2 is 2.00 bits per heavy atom. The number of morpholine rings is 1. The maximum atomic E-state index is 11.1. The van der Waals surface area contributed by atoms with Crippen molar-refractivity contribution < 1.29 is 9.29 Å². The van der Waals surface area contributed by atoms with E-state index in [1.165, 1.54) is 0 Å². The van der Waals surface area contributed by atoms with Gasteiger partial charge in [0.15, 0.2) is 6.07 Å². The summed E-state index contributed by atoms with van der Waals surface area (Å²) in [5.74, 6) is 0. The van der Waals surface area contributed by atoms with Crippen molar-refractivity contribution in [1.29, 1.82) is 5.26 Å². The molecular formula is C13H15N3O2S. The van der Waals surface area contributed by atoms with E-state index in [1.54, 1.807) is 6.08 Å². The predicted molar refractivity (Wildman–Crippen MR) is 75.4 cm³/mol. The highest BCUT2D eigenvalue weighted by atomic mass is 32.2. The Bertz CT molecular complexity index is 488. The van der Waals surface area contributed by atoms with E-state index in [2.05, 4.69) is 4.90 Å². The molecular weight excluding hydrogens is 262 g/mol. The van der Waals surface area contributed by atoms with Gasteiger partial charge >= 0.3 is 0 Å². The molecule has 1 atom stereocenters. The molecule has 6 heteroatoms. The second-order valence-corrected chi connectivity index (χ2v) is 5.14. The van der Waals surface area contributed by atoms with Crippen LogP contribution in [-0.2, 0) is 16.1 Å². The van der Waals surface area contributed by atoms with Gasteiger partial charge in [0.1, 0.15) is 0 Å². The lowest BCUT2D eigenvalue weighted by Crippen LogP contribution is -2.36. The molecule has 100 valence electrons. The first-order valence-electron chi connectivity index (χ1n) is 5.91. The summed E-state index contributed by atoms with van der Waals surface area (Å²) >= 11 is -1.74. The largest absolute Gasteiger partial charge is 0.593 e. The van der Waals surface area contributed by atoms with Crippen molar-refractivity contribution in [3.8, 4) is 6.07 Å². The molecule has 19 heavy (non-hydrogen) atoms. The van der Waals surface area contributed by atoms with Crippen LogP contribution in [0.3, 0.4) is 0 Å². The van der Waals surface area contributed by atoms with E-state index in [4.69, 9.17) is 15.1 Å². The topological polar surface area (TPSA) is 85.3 Å². The lowest BCUT2D eigenvalue weighted by atomic mass is 10.2. The fourth-order valence-corrected chi connectivity index (χ4v) is 2.23. The number of anilines is 1. The second kappa shape index (κ2) is 6.59. The van der Waals surface area contributed by atoms with Crippen molar-refractivity contribution in [3.05, 3.63) is 34.7 Å². The summed E-state index contributed by atoms with van der Waals surface area (Å²) in [5.41, 5.74) is 1.93. The van der Waals surface area contributed by atoms with Crippen LogP contribution in [0.4, 0.5) is 5.69 Å². The predicted octanol–water partition coefficient (Wildman–Crippen LogP) is 1.01. The quantitative estimate of drug-likeness (QED) is 0.658. The van der Waals surface area contributed by atoms with Gasteiger partial charge in [-0.05, 0) is 17.7 Å². The normalized spacial score (nSPS) is 17.9. The molecule has 0 radical (unpaired) electrons. The Balaban J connectivity index is 2.12. The SMILES string of the molecule is N#C/C(=C\c1ccc(N2CCOCC2)cc1)[S+](N)[O-]. The maximum absolute atomic E-state index is 11.1. The molecule has 0 amide bonds. The maximum Gasteiger partial charge on any atom is 0.250 e. The lowest BCUT2D eigenvalue weighted by molar-refractivity contribution is 0.122. The zero-order valence-corrected chi connectivity index (χ0v) is 11.2. The van der Waals surface area contributed by atoms with Gasteiger partial charge in [-0.1, -0.05) is 12.1 Å². The van der Waals surface area contributed by atoms with Crippen LogP contribution in [0.2, 0.25) is 0 Å². The summed E-state index contributed by atoms with van der Waals surface area (Å²) in [6.07, 6.45) is 1.54. The Morgan fingerprint density at radius 3 is 2.53 bits per heavy atom. The van der Waals surface area contributed by atoms with Crippen molar-refractivity contribution in [2.75, 3.05) is 31.2 Å². The van der Waals surface area contributed by atoms with E-state index in [-0.39, 0.29) is 4.91 Å². The first kappa shape index (κ1) is 13.9. The zero-order chi connectivity index (χ0) is 13.7.